The van der Waals surface area contributed by atoms with Crippen molar-refractivity contribution < 1.29 is 9.47 Å². The molecule has 2 heterocycles. The van der Waals surface area contributed by atoms with Crippen LogP contribution in [0.15, 0.2) is 42.8 Å². The molecule has 6 heteroatoms. The van der Waals surface area contributed by atoms with E-state index in [9.17, 15) is 0 Å². The number of hydrogen-bond donors (Lipinski definition) is 1. The zero-order valence-corrected chi connectivity index (χ0v) is 11.1. The van der Waals surface area contributed by atoms with Gasteiger partial charge in [-0.2, -0.15) is 5.26 Å². The molecule has 1 aromatic carbocycles. The number of nitrogens with one attached hydrogen (secondary N) is 1. The molecule has 0 amide bonds. The Bertz CT molecular complexity index is 707. The van der Waals surface area contributed by atoms with Gasteiger partial charge in [0.05, 0.1) is 6.20 Å². The first kappa shape index (κ1) is 12.9. The van der Waals surface area contributed by atoms with Crippen LogP contribution in [0.4, 0.5) is 5.82 Å². The van der Waals surface area contributed by atoms with E-state index < -0.39 is 0 Å². The van der Waals surface area contributed by atoms with Crippen molar-refractivity contribution in [1.82, 2.24) is 9.97 Å². The predicted molar refractivity (Wildman–Crippen MR) is 75.5 cm³/mol. The maximum absolute atomic E-state index is 9.13. The van der Waals surface area contributed by atoms with E-state index in [1.165, 1.54) is 12.5 Å². The minimum absolute atomic E-state index is 0.158. The van der Waals surface area contributed by atoms with E-state index in [2.05, 4.69) is 21.4 Å². The monoisotopic (exact) mass is 280 g/mol. The number of benzene rings is 1. The first-order chi connectivity index (χ1) is 10.4. The van der Waals surface area contributed by atoms with Gasteiger partial charge in [-0.25, -0.2) is 9.97 Å². The van der Waals surface area contributed by atoms with Gasteiger partial charge >= 0.3 is 0 Å². The molecule has 0 atom stereocenters. The number of nitriles is 1. The second-order valence-corrected chi connectivity index (χ2v) is 4.32. The van der Waals surface area contributed by atoms with Crippen LogP contribution in [0.25, 0.3) is 5.76 Å². The van der Waals surface area contributed by atoms with Crippen LogP contribution in [0.3, 0.4) is 0 Å². The fraction of sp³-hybridized carbons (Fsp3) is 0.133. The Kier molecular flexibility index (Phi) is 3.65. The third kappa shape index (κ3) is 2.92. The van der Waals surface area contributed by atoms with Crippen molar-refractivity contribution >= 4 is 11.6 Å². The molecule has 1 N–H and O–H groups in total. The summed E-state index contributed by atoms with van der Waals surface area (Å²) in [5.74, 6) is 1.33. The molecule has 0 aliphatic carbocycles. The summed E-state index contributed by atoms with van der Waals surface area (Å²) in [6.07, 6.45) is 2.93. The van der Waals surface area contributed by atoms with Crippen LogP contribution in [0, 0.1) is 11.3 Å². The summed E-state index contributed by atoms with van der Waals surface area (Å²) < 4.78 is 10.2. The van der Waals surface area contributed by atoms with E-state index in [1.54, 1.807) is 0 Å². The van der Waals surface area contributed by atoms with Crippen LogP contribution in [0.1, 0.15) is 17.0 Å². The summed E-state index contributed by atoms with van der Waals surface area (Å²) in [5, 5.41) is 12.3. The van der Waals surface area contributed by atoms with Gasteiger partial charge in [0.2, 0.25) is 12.6 Å². The lowest BCUT2D eigenvalue weighted by Gasteiger charge is -2.08. The van der Waals surface area contributed by atoms with Crippen molar-refractivity contribution in [3.05, 3.63) is 59.7 Å². The van der Waals surface area contributed by atoms with Crippen LogP contribution in [0.5, 0.6) is 0 Å². The Balaban J connectivity index is 1.82. The summed E-state index contributed by atoms with van der Waals surface area (Å²) in [6, 6.07) is 11.9. The van der Waals surface area contributed by atoms with Gasteiger partial charge in [-0.05, 0) is 5.56 Å². The van der Waals surface area contributed by atoms with Crippen LogP contribution in [-0.2, 0) is 16.0 Å². The van der Waals surface area contributed by atoms with Crippen molar-refractivity contribution in [2.24, 2.45) is 0 Å². The fourth-order valence-electron chi connectivity index (χ4n) is 1.86. The average Bonchev–Trinajstić information content (AvgIpc) is 3.08. The second kappa shape index (κ2) is 5.92. The Labute approximate surface area is 121 Å². The van der Waals surface area contributed by atoms with E-state index in [0.717, 1.165) is 5.56 Å². The summed E-state index contributed by atoms with van der Waals surface area (Å²) in [4.78, 5) is 8.42. The van der Waals surface area contributed by atoms with E-state index in [0.29, 0.717) is 29.5 Å². The molecule has 21 heavy (non-hydrogen) atoms. The molecule has 1 aromatic heterocycles. The normalized spacial score (nSPS) is 12.8. The number of ether oxygens (including phenoxy) is 2. The van der Waals surface area contributed by atoms with Crippen molar-refractivity contribution in [3.63, 3.8) is 0 Å². The number of rotatable bonds is 4. The fourth-order valence-corrected chi connectivity index (χ4v) is 1.86. The number of hydrogen-bond acceptors (Lipinski definition) is 6. The Morgan fingerprint density at radius 3 is 2.86 bits per heavy atom. The van der Waals surface area contributed by atoms with Gasteiger partial charge in [-0.1, -0.05) is 30.3 Å². The molecule has 0 unspecified atom stereocenters. The standard InChI is InChI=1S/C15H12N4O2/c16-6-12-8-18-15(13-9-20-10-21-13)19-14(12)17-7-11-4-2-1-3-5-11/h1-5,8-9H,7,10H2,(H,17,18,19). The molecular weight excluding hydrogens is 268 g/mol. The number of nitrogens with zero attached hydrogens (tertiary/aromatic N) is 3. The maximum Gasteiger partial charge on any atom is 0.230 e. The SMILES string of the molecule is N#Cc1cnc(C2=COCO2)nc1NCc1ccccc1. The minimum Gasteiger partial charge on any atom is -0.461 e. The lowest BCUT2D eigenvalue weighted by atomic mass is 10.2. The average molecular weight is 280 g/mol. The van der Waals surface area contributed by atoms with Gasteiger partial charge in [0, 0.05) is 6.54 Å². The Morgan fingerprint density at radius 1 is 1.29 bits per heavy atom. The van der Waals surface area contributed by atoms with Crippen molar-refractivity contribution in [2.75, 3.05) is 12.1 Å². The molecule has 0 bridgehead atoms. The van der Waals surface area contributed by atoms with Crippen LogP contribution >= 0.6 is 0 Å². The number of anilines is 1. The minimum atomic E-state index is 0.158. The molecule has 6 nitrogen and oxygen atoms in total. The highest BCUT2D eigenvalue weighted by Crippen LogP contribution is 2.20. The molecule has 0 saturated carbocycles. The highest BCUT2D eigenvalue weighted by molar-refractivity contribution is 5.58. The molecule has 0 fully saturated rings. The molecule has 1 aliphatic rings. The van der Waals surface area contributed by atoms with Gasteiger partial charge < -0.3 is 14.8 Å². The third-order valence-corrected chi connectivity index (χ3v) is 2.91. The van der Waals surface area contributed by atoms with E-state index >= 15 is 0 Å². The topological polar surface area (TPSA) is 80.1 Å². The van der Waals surface area contributed by atoms with Crippen molar-refractivity contribution in [3.8, 4) is 6.07 Å². The third-order valence-electron chi connectivity index (χ3n) is 2.91. The first-order valence-corrected chi connectivity index (χ1v) is 6.36. The quantitative estimate of drug-likeness (QED) is 0.925. The lowest BCUT2D eigenvalue weighted by Crippen LogP contribution is -2.06. The molecule has 104 valence electrons. The molecule has 1 aliphatic heterocycles. The maximum atomic E-state index is 9.13. The van der Waals surface area contributed by atoms with Crippen molar-refractivity contribution in [2.45, 2.75) is 6.54 Å². The van der Waals surface area contributed by atoms with Gasteiger partial charge in [-0.3, -0.25) is 0 Å². The van der Waals surface area contributed by atoms with Crippen LogP contribution < -0.4 is 5.32 Å². The van der Waals surface area contributed by atoms with E-state index in [4.69, 9.17) is 14.7 Å². The first-order valence-electron chi connectivity index (χ1n) is 6.36. The second-order valence-electron chi connectivity index (χ2n) is 4.32. The van der Waals surface area contributed by atoms with Gasteiger partial charge in [0.25, 0.3) is 0 Å². The molecule has 0 saturated heterocycles. The van der Waals surface area contributed by atoms with Gasteiger partial charge in [0.15, 0.2) is 5.82 Å². The van der Waals surface area contributed by atoms with E-state index in [-0.39, 0.29) is 6.79 Å². The highest BCUT2D eigenvalue weighted by Gasteiger charge is 2.15. The smallest absolute Gasteiger partial charge is 0.230 e. The van der Waals surface area contributed by atoms with Gasteiger partial charge in [-0.15, -0.1) is 0 Å². The molecular formula is C15H12N4O2. The Morgan fingerprint density at radius 2 is 2.14 bits per heavy atom. The van der Waals surface area contributed by atoms with Crippen LogP contribution in [0.2, 0.25) is 0 Å². The zero-order valence-electron chi connectivity index (χ0n) is 11.1. The van der Waals surface area contributed by atoms with Crippen LogP contribution in [-0.4, -0.2) is 16.8 Å². The molecule has 0 spiro atoms. The number of aromatic nitrogens is 2. The Hall–Kier alpha value is -3.07. The summed E-state index contributed by atoms with van der Waals surface area (Å²) in [6.45, 7) is 0.730. The summed E-state index contributed by atoms with van der Waals surface area (Å²) in [5.41, 5.74) is 1.48. The summed E-state index contributed by atoms with van der Waals surface area (Å²) in [7, 11) is 0. The largest absolute Gasteiger partial charge is 0.461 e. The van der Waals surface area contributed by atoms with E-state index in [1.807, 2.05) is 30.3 Å². The molecule has 2 aromatic rings. The zero-order chi connectivity index (χ0) is 14.5. The molecule has 3 rings (SSSR count). The molecule has 0 radical (unpaired) electrons. The predicted octanol–water partition coefficient (Wildman–Crippen LogP) is 2.26. The highest BCUT2D eigenvalue weighted by atomic mass is 16.7. The lowest BCUT2D eigenvalue weighted by molar-refractivity contribution is 0.0999. The van der Waals surface area contributed by atoms with Gasteiger partial charge in [0.1, 0.15) is 23.7 Å². The summed E-state index contributed by atoms with van der Waals surface area (Å²) >= 11 is 0. The van der Waals surface area contributed by atoms with Crippen molar-refractivity contribution in [1.29, 1.82) is 5.26 Å².